The standard InChI is InChI=1S/C20H33N3O2S.HI/c1-3-21-19(23-16-20(2)12-8-7-11-18(20)24)22-13-14-26(25)15-17-9-5-4-6-10-17;/h4-6,9-10,18,24H,3,7-8,11-16H2,1-2H3,(H2,21,22,23);1H. The highest BCUT2D eigenvalue weighted by Gasteiger charge is 2.35. The van der Waals surface area contributed by atoms with E-state index in [0.717, 1.165) is 43.8 Å². The molecule has 0 amide bonds. The summed E-state index contributed by atoms with van der Waals surface area (Å²) in [6.07, 6.45) is 3.87. The highest BCUT2D eigenvalue weighted by molar-refractivity contribution is 14.0. The summed E-state index contributed by atoms with van der Waals surface area (Å²) in [4.78, 5) is 4.68. The minimum absolute atomic E-state index is 0. The first kappa shape index (κ1) is 24.4. The van der Waals surface area contributed by atoms with Crippen molar-refractivity contribution in [1.82, 2.24) is 10.6 Å². The number of aliphatic imine (C=N–C) groups is 1. The Kier molecular flexibility index (Phi) is 11.5. The number of hydrogen-bond acceptors (Lipinski definition) is 3. The number of aliphatic hydroxyl groups excluding tert-OH is 1. The summed E-state index contributed by atoms with van der Waals surface area (Å²) < 4.78 is 12.2. The van der Waals surface area contributed by atoms with Crippen LogP contribution in [-0.4, -0.2) is 46.8 Å². The molecule has 0 radical (unpaired) electrons. The van der Waals surface area contributed by atoms with Crippen molar-refractivity contribution < 1.29 is 9.32 Å². The molecule has 0 aromatic heterocycles. The Morgan fingerprint density at radius 2 is 2.04 bits per heavy atom. The SMILES string of the molecule is CCNC(=NCC1(C)CCCCC1O)NCCS(=O)Cc1ccccc1.I. The molecule has 1 aromatic rings. The first-order valence-electron chi connectivity index (χ1n) is 9.62. The molecule has 27 heavy (non-hydrogen) atoms. The van der Waals surface area contributed by atoms with Crippen molar-refractivity contribution in [2.75, 3.05) is 25.4 Å². The van der Waals surface area contributed by atoms with Gasteiger partial charge in [0.05, 0.1) is 12.6 Å². The molecule has 0 heterocycles. The Labute approximate surface area is 183 Å². The van der Waals surface area contributed by atoms with Gasteiger partial charge in [-0.1, -0.05) is 50.1 Å². The van der Waals surface area contributed by atoms with Crippen molar-refractivity contribution in [3.63, 3.8) is 0 Å². The predicted molar refractivity (Wildman–Crippen MR) is 125 cm³/mol. The van der Waals surface area contributed by atoms with Crippen molar-refractivity contribution in [2.45, 2.75) is 51.4 Å². The number of benzene rings is 1. The van der Waals surface area contributed by atoms with Crippen molar-refractivity contribution in [1.29, 1.82) is 0 Å². The molecule has 154 valence electrons. The van der Waals surface area contributed by atoms with Crippen molar-refractivity contribution in [2.24, 2.45) is 10.4 Å². The molecule has 3 atom stereocenters. The molecule has 2 rings (SSSR count). The number of aliphatic hydroxyl groups is 1. The minimum Gasteiger partial charge on any atom is -0.392 e. The number of hydrogen-bond donors (Lipinski definition) is 3. The summed E-state index contributed by atoms with van der Waals surface area (Å²) in [5, 5.41) is 16.8. The van der Waals surface area contributed by atoms with Crippen LogP contribution in [0.1, 0.15) is 45.1 Å². The number of nitrogens with one attached hydrogen (secondary N) is 2. The lowest BCUT2D eigenvalue weighted by Gasteiger charge is -2.37. The maximum Gasteiger partial charge on any atom is 0.191 e. The molecular weight excluding hydrogens is 473 g/mol. The van der Waals surface area contributed by atoms with E-state index < -0.39 is 10.8 Å². The van der Waals surface area contributed by atoms with Gasteiger partial charge in [0.1, 0.15) is 0 Å². The maximum absolute atomic E-state index is 12.2. The highest BCUT2D eigenvalue weighted by Crippen LogP contribution is 2.36. The molecule has 3 N–H and O–H groups in total. The molecule has 1 fully saturated rings. The normalized spacial score (nSPS) is 24.0. The molecular formula is C20H34IN3O2S. The van der Waals surface area contributed by atoms with Gasteiger partial charge in [0.2, 0.25) is 0 Å². The first-order chi connectivity index (χ1) is 12.5. The van der Waals surface area contributed by atoms with Gasteiger partial charge in [-0.05, 0) is 25.3 Å². The van der Waals surface area contributed by atoms with E-state index in [4.69, 9.17) is 0 Å². The van der Waals surface area contributed by atoms with Crippen LogP contribution in [0.3, 0.4) is 0 Å². The first-order valence-corrected chi connectivity index (χ1v) is 11.1. The van der Waals surface area contributed by atoms with Gasteiger partial charge in [-0.25, -0.2) is 0 Å². The van der Waals surface area contributed by atoms with E-state index in [2.05, 4.69) is 22.5 Å². The van der Waals surface area contributed by atoms with Crippen LogP contribution < -0.4 is 10.6 Å². The Morgan fingerprint density at radius 3 is 2.70 bits per heavy atom. The third-order valence-electron chi connectivity index (χ3n) is 5.02. The van der Waals surface area contributed by atoms with Crippen LogP contribution >= 0.6 is 24.0 Å². The zero-order valence-electron chi connectivity index (χ0n) is 16.4. The highest BCUT2D eigenvalue weighted by atomic mass is 127. The van der Waals surface area contributed by atoms with Crippen molar-refractivity contribution in [3.05, 3.63) is 35.9 Å². The molecule has 0 spiro atoms. The largest absolute Gasteiger partial charge is 0.392 e. The van der Waals surface area contributed by atoms with Gasteiger partial charge >= 0.3 is 0 Å². The Balaban J connectivity index is 0.00000364. The van der Waals surface area contributed by atoms with Gasteiger partial charge in [-0.2, -0.15) is 0 Å². The van der Waals surface area contributed by atoms with E-state index in [1.807, 2.05) is 37.3 Å². The topological polar surface area (TPSA) is 73.7 Å². The Hall–Kier alpha value is -0.670. The fraction of sp³-hybridized carbons (Fsp3) is 0.650. The van der Waals surface area contributed by atoms with Gasteiger partial charge in [0.25, 0.3) is 0 Å². The molecule has 5 nitrogen and oxygen atoms in total. The fourth-order valence-corrected chi connectivity index (χ4v) is 4.32. The molecule has 0 saturated heterocycles. The number of rotatable bonds is 8. The van der Waals surface area contributed by atoms with E-state index >= 15 is 0 Å². The van der Waals surface area contributed by atoms with E-state index in [1.165, 1.54) is 0 Å². The van der Waals surface area contributed by atoms with Gasteiger partial charge in [0.15, 0.2) is 5.96 Å². The molecule has 1 aliphatic rings. The van der Waals surface area contributed by atoms with Crippen LogP contribution in [-0.2, 0) is 16.6 Å². The summed E-state index contributed by atoms with van der Waals surface area (Å²) in [5.41, 5.74) is 0.960. The summed E-state index contributed by atoms with van der Waals surface area (Å²) in [7, 11) is -0.899. The van der Waals surface area contributed by atoms with Crippen LogP contribution in [0.5, 0.6) is 0 Å². The molecule has 1 saturated carbocycles. The van der Waals surface area contributed by atoms with Crippen LogP contribution in [0.4, 0.5) is 0 Å². The average molecular weight is 507 g/mol. The summed E-state index contributed by atoms with van der Waals surface area (Å²) >= 11 is 0. The molecule has 3 unspecified atom stereocenters. The van der Waals surface area contributed by atoms with Gasteiger partial charge in [-0.15, -0.1) is 24.0 Å². The molecule has 1 aliphatic carbocycles. The summed E-state index contributed by atoms with van der Waals surface area (Å²) in [6.45, 7) is 6.15. The lowest BCUT2D eigenvalue weighted by Crippen LogP contribution is -2.42. The Morgan fingerprint density at radius 1 is 1.30 bits per heavy atom. The van der Waals surface area contributed by atoms with Crippen molar-refractivity contribution >= 4 is 40.7 Å². The summed E-state index contributed by atoms with van der Waals surface area (Å²) in [5.74, 6) is 1.91. The fourth-order valence-electron chi connectivity index (χ4n) is 3.28. The number of halogens is 1. The third kappa shape index (κ3) is 8.48. The van der Waals surface area contributed by atoms with Crippen molar-refractivity contribution in [3.8, 4) is 0 Å². The zero-order valence-corrected chi connectivity index (χ0v) is 19.6. The van der Waals surface area contributed by atoms with Crippen LogP contribution in [0.15, 0.2) is 35.3 Å². The quantitative estimate of drug-likeness (QED) is 0.287. The second kappa shape index (κ2) is 12.7. The molecule has 0 aliphatic heterocycles. The molecule has 7 heteroatoms. The van der Waals surface area contributed by atoms with E-state index in [9.17, 15) is 9.32 Å². The van der Waals surface area contributed by atoms with Crippen LogP contribution in [0.2, 0.25) is 0 Å². The monoisotopic (exact) mass is 507 g/mol. The van der Waals surface area contributed by atoms with E-state index in [1.54, 1.807) is 0 Å². The zero-order chi connectivity index (χ0) is 18.8. The number of guanidine groups is 1. The smallest absolute Gasteiger partial charge is 0.191 e. The average Bonchev–Trinajstić information content (AvgIpc) is 2.63. The second-order valence-corrected chi connectivity index (χ2v) is 8.89. The third-order valence-corrected chi connectivity index (χ3v) is 6.33. The Bertz CT molecular complexity index is 600. The second-order valence-electron chi connectivity index (χ2n) is 7.31. The minimum atomic E-state index is -0.899. The van der Waals surface area contributed by atoms with Crippen LogP contribution in [0.25, 0.3) is 0 Å². The summed E-state index contributed by atoms with van der Waals surface area (Å²) in [6, 6.07) is 9.93. The van der Waals surface area contributed by atoms with Gasteiger partial charge in [-0.3, -0.25) is 9.20 Å². The lowest BCUT2D eigenvalue weighted by atomic mass is 9.73. The lowest BCUT2D eigenvalue weighted by molar-refractivity contribution is 0.00716. The van der Waals surface area contributed by atoms with Gasteiger partial charge < -0.3 is 15.7 Å². The predicted octanol–water partition coefficient (Wildman–Crippen LogP) is 3.05. The molecule has 1 aromatic carbocycles. The number of nitrogens with zero attached hydrogens (tertiary/aromatic N) is 1. The molecule has 0 bridgehead atoms. The van der Waals surface area contributed by atoms with E-state index in [-0.39, 0.29) is 35.5 Å². The van der Waals surface area contributed by atoms with Gasteiger partial charge in [0, 0.05) is 40.8 Å². The van der Waals surface area contributed by atoms with Crippen LogP contribution in [0, 0.1) is 5.41 Å². The van der Waals surface area contributed by atoms with E-state index in [0.29, 0.717) is 24.6 Å². The maximum atomic E-state index is 12.2.